The number of nitrogens with zero attached hydrogens (tertiary/aromatic N) is 3. The fourth-order valence-corrected chi connectivity index (χ4v) is 6.05. The number of piperidine rings is 1. The maximum absolute atomic E-state index is 13.7. The molecule has 35 heavy (non-hydrogen) atoms. The third-order valence-electron chi connectivity index (χ3n) is 7.99. The van der Waals surface area contributed by atoms with E-state index in [0.29, 0.717) is 30.0 Å². The van der Waals surface area contributed by atoms with Crippen molar-refractivity contribution in [2.45, 2.75) is 49.9 Å². The molecule has 0 spiro atoms. The van der Waals surface area contributed by atoms with Gasteiger partial charge in [-0.3, -0.25) is 4.79 Å². The van der Waals surface area contributed by atoms with Crippen LogP contribution in [0, 0.1) is 5.92 Å². The number of amides is 1. The smallest absolute Gasteiger partial charge is 0.363 e. The molecular weight excluding hydrogens is 453 g/mol. The number of carbonyl (C=O) groups is 1. The Hall–Kier alpha value is -3.29. The number of alkyl halides is 3. The normalized spacial score (nSPS) is 26.6. The summed E-state index contributed by atoms with van der Waals surface area (Å²) in [7, 11) is 0. The van der Waals surface area contributed by atoms with Gasteiger partial charge in [0.2, 0.25) is 0 Å². The molecule has 1 aliphatic carbocycles. The summed E-state index contributed by atoms with van der Waals surface area (Å²) in [6, 6.07) is 15.8. The van der Waals surface area contributed by atoms with Crippen LogP contribution < -0.4 is 5.32 Å². The highest BCUT2D eigenvalue weighted by Gasteiger charge is 2.62. The van der Waals surface area contributed by atoms with Crippen LogP contribution in [0.1, 0.15) is 59.8 Å². The molecule has 1 N–H and O–H groups in total. The first-order chi connectivity index (χ1) is 16.6. The predicted octanol–water partition coefficient (Wildman–Crippen LogP) is 5.61. The van der Waals surface area contributed by atoms with E-state index in [1.54, 1.807) is 17.2 Å². The van der Waals surface area contributed by atoms with Crippen molar-refractivity contribution in [3.63, 3.8) is 0 Å². The zero-order chi connectivity index (χ0) is 24.6. The molecule has 182 valence electrons. The largest absolute Gasteiger partial charge is 0.416 e. The van der Waals surface area contributed by atoms with Crippen LogP contribution in [-0.2, 0) is 17.1 Å². The molecule has 2 aromatic carbocycles. The predicted molar refractivity (Wildman–Crippen MR) is 126 cm³/mol. The summed E-state index contributed by atoms with van der Waals surface area (Å²) in [5.74, 6) is 0.762. The first-order valence-corrected chi connectivity index (χ1v) is 12.0. The van der Waals surface area contributed by atoms with E-state index in [0.717, 1.165) is 24.5 Å². The zero-order valence-electron chi connectivity index (χ0n) is 19.6. The highest BCUT2D eigenvalue weighted by Crippen LogP contribution is 2.59. The van der Waals surface area contributed by atoms with Crippen LogP contribution >= 0.6 is 0 Å². The Morgan fingerprint density at radius 1 is 1.09 bits per heavy atom. The summed E-state index contributed by atoms with van der Waals surface area (Å²) in [4.78, 5) is 15.4. The van der Waals surface area contributed by atoms with Gasteiger partial charge in [0.05, 0.1) is 23.3 Å². The van der Waals surface area contributed by atoms with E-state index in [2.05, 4.69) is 36.4 Å². The van der Waals surface area contributed by atoms with Gasteiger partial charge >= 0.3 is 6.18 Å². The van der Waals surface area contributed by atoms with Gasteiger partial charge in [0.1, 0.15) is 11.4 Å². The average molecular weight is 481 g/mol. The first-order valence-electron chi connectivity index (χ1n) is 12.0. The lowest BCUT2D eigenvalue weighted by atomic mass is 9.89. The van der Waals surface area contributed by atoms with Crippen LogP contribution in [0.4, 0.5) is 19.0 Å². The van der Waals surface area contributed by atoms with E-state index in [1.165, 1.54) is 12.1 Å². The van der Waals surface area contributed by atoms with E-state index in [4.69, 9.17) is 0 Å². The summed E-state index contributed by atoms with van der Waals surface area (Å²) < 4.78 is 41.7. The second kappa shape index (κ2) is 7.35. The topological polar surface area (TPSA) is 50.2 Å². The fraction of sp³-hybridized carbons (Fsp3) is 0.407. The molecule has 0 radical (unpaired) electrons. The van der Waals surface area contributed by atoms with Crippen molar-refractivity contribution in [2.75, 3.05) is 18.4 Å². The van der Waals surface area contributed by atoms with Crippen LogP contribution in [0.5, 0.6) is 0 Å². The lowest BCUT2D eigenvalue weighted by molar-refractivity contribution is -0.137. The van der Waals surface area contributed by atoms with Gasteiger partial charge in [0, 0.05) is 18.5 Å². The van der Waals surface area contributed by atoms with E-state index >= 15 is 0 Å². The van der Waals surface area contributed by atoms with Crippen molar-refractivity contribution in [3.8, 4) is 0 Å². The highest BCUT2D eigenvalue weighted by molar-refractivity contribution is 5.99. The third-order valence-corrected chi connectivity index (χ3v) is 7.99. The van der Waals surface area contributed by atoms with Crippen LogP contribution in [0.25, 0.3) is 0 Å². The second-order valence-corrected chi connectivity index (χ2v) is 10.8. The molecule has 6 rings (SSSR count). The number of benzene rings is 2. The second-order valence-electron chi connectivity index (χ2n) is 10.8. The Morgan fingerprint density at radius 2 is 1.86 bits per heavy atom. The number of likely N-dealkylation sites (tertiary alicyclic amines) is 1. The number of rotatable bonds is 3. The minimum atomic E-state index is -4.38. The minimum absolute atomic E-state index is 0.0466. The minimum Gasteiger partial charge on any atom is -0.363 e. The van der Waals surface area contributed by atoms with E-state index in [9.17, 15) is 18.0 Å². The Bertz CT molecular complexity index is 1300. The summed E-state index contributed by atoms with van der Waals surface area (Å²) in [6.45, 7) is 5.20. The maximum atomic E-state index is 13.7. The SMILES string of the molecule is CC1(C)C[C@H](c2ccccc2)Nc2c(C(=O)N3CC4CC4(c4cccc(C(F)(F)F)c4)C3)cnn21. The zero-order valence-corrected chi connectivity index (χ0v) is 19.6. The van der Waals surface area contributed by atoms with Crippen molar-refractivity contribution >= 4 is 11.7 Å². The number of carbonyl (C=O) groups excluding carboxylic acids is 1. The lowest BCUT2D eigenvalue weighted by Crippen LogP contribution is -2.39. The molecule has 2 fully saturated rings. The quantitative estimate of drug-likeness (QED) is 0.530. The van der Waals surface area contributed by atoms with Gasteiger partial charge in [-0.25, -0.2) is 4.68 Å². The van der Waals surface area contributed by atoms with Crippen molar-refractivity contribution < 1.29 is 18.0 Å². The number of halogens is 3. The number of hydrogen-bond donors (Lipinski definition) is 1. The van der Waals surface area contributed by atoms with Crippen LogP contribution in [0.2, 0.25) is 0 Å². The van der Waals surface area contributed by atoms with Gasteiger partial charge in [0.25, 0.3) is 5.91 Å². The summed E-state index contributed by atoms with van der Waals surface area (Å²) >= 11 is 0. The molecule has 3 heterocycles. The number of nitrogens with one attached hydrogen (secondary N) is 1. The van der Waals surface area contributed by atoms with Gasteiger partial charge in [-0.1, -0.05) is 48.5 Å². The first kappa shape index (κ1) is 22.2. The monoisotopic (exact) mass is 480 g/mol. The van der Waals surface area contributed by atoms with Crippen molar-refractivity contribution in [1.82, 2.24) is 14.7 Å². The standard InChI is InChI=1S/C27H27F3N4O/c1-25(2)13-22(17-7-4-3-5-8-17)32-23-21(14-31-34(23)25)24(35)33-15-20-12-26(20,16-33)18-9-6-10-19(11-18)27(28,29)30/h3-11,14,20,22,32H,12-13,15-16H2,1-2H3/t20?,22-,26?/m1/s1. The molecule has 2 unspecified atom stereocenters. The molecule has 3 aromatic rings. The van der Waals surface area contributed by atoms with Gasteiger partial charge in [-0.2, -0.15) is 18.3 Å². The highest BCUT2D eigenvalue weighted by atomic mass is 19.4. The average Bonchev–Trinajstić information content (AvgIpc) is 3.16. The van der Waals surface area contributed by atoms with Crippen LogP contribution in [0.15, 0.2) is 60.8 Å². The lowest BCUT2D eigenvalue weighted by Gasteiger charge is -2.38. The number of anilines is 1. The number of hydrogen-bond acceptors (Lipinski definition) is 3. The van der Waals surface area contributed by atoms with Crippen molar-refractivity contribution in [3.05, 3.63) is 83.0 Å². The molecule has 3 aliphatic rings. The molecule has 5 nitrogen and oxygen atoms in total. The Morgan fingerprint density at radius 3 is 2.60 bits per heavy atom. The van der Waals surface area contributed by atoms with E-state index < -0.39 is 11.7 Å². The van der Waals surface area contributed by atoms with Crippen LogP contribution in [-0.4, -0.2) is 33.7 Å². The third kappa shape index (κ3) is 3.53. The summed E-state index contributed by atoms with van der Waals surface area (Å²) in [6.07, 6.45) is -1.12. The van der Waals surface area contributed by atoms with E-state index in [-0.39, 0.29) is 28.8 Å². The number of aromatic nitrogens is 2. The molecule has 1 saturated heterocycles. The molecule has 1 saturated carbocycles. The molecule has 8 heteroatoms. The van der Waals surface area contributed by atoms with Crippen LogP contribution in [0.3, 0.4) is 0 Å². The van der Waals surface area contributed by atoms with Crippen molar-refractivity contribution in [2.24, 2.45) is 5.92 Å². The van der Waals surface area contributed by atoms with Gasteiger partial charge < -0.3 is 10.2 Å². The molecule has 0 bridgehead atoms. The molecular formula is C27H27F3N4O. The summed E-state index contributed by atoms with van der Waals surface area (Å²) in [5.41, 5.74) is 1.03. The number of fused-ring (bicyclic) bond motifs is 2. The van der Waals surface area contributed by atoms with Crippen molar-refractivity contribution in [1.29, 1.82) is 0 Å². The Balaban J connectivity index is 1.27. The molecule has 3 atom stereocenters. The van der Waals surface area contributed by atoms with Gasteiger partial charge in [-0.15, -0.1) is 0 Å². The fourth-order valence-electron chi connectivity index (χ4n) is 6.05. The summed E-state index contributed by atoms with van der Waals surface area (Å²) in [5, 5.41) is 8.09. The van der Waals surface area contributed by atoms with E-state index in [1.807, 2.05) is 22.9 Å². The molecule has 1 amide bonds. The van der Waals surface area contributed by atoms with Gasteiger partial charge in [-0.05, 0) is 49.8 Å². The van der Waals surface area contributed by atoms with Gasteiger partial charge in [0.15, 0.2) is 0 Å². The Labute approximate surface area is 201 Å². The Kier molecular flexibility index (Phi) is 4.66. The molecule has 2 aliphatic heterocycles. The maximum Gasteiger partial charge on any atom is 0.416 e. The molecule has 1 aromatic heterocycles.